The molecule has 256 valence electrons. The van der Waals surface area contributed by atoms with Gasteiger partial charge >= 0.3 is 6.09 Å². The molecule has 47 heavy (non-hydrogen) atoms. The Morgan fingerprint density at radius 1 is 0.766 bits per heavy atom. The van der Waals surface area contributed by atoms with Crippen LogP contribution in [0.25, 0.3) is 22.6 Å². The quantitative estimate of drug-likeness (QED) is 0.241. The molecule has 0 spiro atoms. The maximum absolute atomic E-state index is 12.2. The van der Waals surface area contributed by atoms with E-state index in [0.29, 0.717) is 53.6 Å². The summed E-state index contributed by atoms with van der Waals surface area (Å²) >= 11 is 12.8. The summed E-state index contributed by atoms with van der Waals surface area (Å²) in [5, 5.41) is 12.2. The van der Waals surface area contributed by atoms with Crippen molar-refractivity contribution in [2.45, 2.75) is 40.2 Å². The Labute approximate surface area is 296 Å². The van der Waals surface area contributed by atoms with Crippen LogP contribution in [0.4, 0.5) is 16.4 Å². The van der Waals surface area contributed by atoms with Crippen molar-refractivity contribution in [3.63, 3.8) is 0 Å². The van der Waals surface area contributed by atoms with Gasteiger partial charge in [-0.25, -0.2) is 14.8 Å². The second kappa shape index (κ2) is 16.7. The number of halogens is 4. The van der Waals surface area contributed by atoms with Crippen LogP contribution in [-0.2, 0) is 4.74 Å². The predicted molar refractivity (Wildman–Crippen MR) is 189 cm³/mol. The van der Waals surface area contributed by atoms with Gasteiger partial charge < -0.3 is 33.8 Å². The van der Waals surface area contributed by atoms with Gasteiger partial charge in [0.25, 0.3) is 0 Å². The number of nitrogens with zero attached hydrogens (tertiary/aromatic N) is 7. The van der Waals surface area contributed by atoms with Crippen LogP contribution >= 0.6 is 48.0 Å². The van der Waals surface area contributed by atoms with E-state index < -0.39 is 5.60 Å². The summed E-state index contributed by atoms with van der Waals surface area (Å²) in [7, 11) is 0. The van der Waals surface area contributed by atoms with Crippen molar-refractivity contribution in [1.29, 1.82) is 0 Å². The fourth-order valence-corrected chi connectivity index (χ4v) is 5.47. The van der Waals surface area contributed by atoms with Gasteiger partial charge in [-0.2, -0.15) is 0 Å². The van der Waals surface area contributed by atoms with Crippen LogP contribution in [0.5, 0.6) is 0 Å². The van der Waals surface area contributed by atoms with E-state index >= 15 is 0 Å². The first-order chi connectivity index (χ1) is 21.5. The van der Waals surface area contributed by atoms with E-state index in [1.165, 1.54) is 0 Å². The van der Waals surface area contributed by atoms with Crippen molar-refractivity contribution >= 4 is 65.7 Å². The Morgan fingerprint density at radius 3 is 1.60 bits per heavy atom. The Kier molecular flexibility index (Phi) is 13.6. The minimum atomic E-state index is -0.492. The third-order valence-corrected chi connectivity index (χ3v) is 7.67. The lowest BCUT2D eigenvalue weighted by molar-refractivity contribution is 0.0240. The molecule has 0 radical (unpaired) electrons. The number of rotatable bonds is 4. The number of piperazine rings is 2. The predicted octanol–water partition coefficient (Wildman–Crippen LogP) is 6.71. The summed E-state index contributed by atoms with van der Waals surface area (Å²) in [4.78, 5) is 27.1. The van der Waals surface area contributed by atoms with Crippen molar-refractivity contribution < 1.29 is 18.6 Å². The summed E-state index contributed by atoms with van der Waals surface area (Å²) in [6.07, 6.45) is 3.22. The zero-order valence-electron chi connectivity index (χ0n) is 27.0. The standard InChI is InChI=1S/C18H23ClN4O3.C13H15ClN4O.2ClH/c1-12-9-15(26-21-12)13-10-14(19)16(20-11-13)22-5-7-23(8-6-22)17(24)25-18(2,3)4;1-9-6-12(19-17-9)10-7-11(14)13(16-8-10)18-4-2-15-3-5-18;;/h9-11H,5-8H2,1-4H3;6-8,15H,2-5H2,1H3;2*1H. The van der Waals surface area contributed by atoms with Gasteiger partial charge in [0.2, 0.25) is 0 Å². The van der Waals surface area contributed by atoms with Crippen LogP contribution in [-0.4, -0.2) is 89.2 Å². The highest BCUT2D eigenvalue weighted by atomic mass is 35.5. The maximum atomic E-state index is 12.2. The van der Waals surface area contributed by atoms with Crippen molar-refractivity contribution in [2.24, 2.45) is 0 Å². The molecule has 4 aromatic heterocycles. The molecule has 0 aromatic carbocycles. The molecule has 12 nitrogen and oxygen atoms in total. The van der Waals surface area contributed by atoms with Crippen molar-refractivity contribution in [1.82, 2.24) is 30.5 Å². The molecule has 2 aliphatic heterocycles. The molecular weight excluding hydrogens is 690 g/mol. The lowest BCUT2D eigenvalue weighted by atomic mass is 10.2. The SMILES string of the molecule is Cc1cc(-c2cnc(N3CCN(C(=O)OC(C)(C)C)CC3)c(Cl)c2)on1.Cc1cc(-c2cnc(N3CCNCC3)c(Cl)c2)on1.Cl.Cl. The lowest BCUT2D eigenvalue weighted by Crippen LogP contribution is -2.50. The van der Waals surface area contributed by atoms with Gasteiger partial charge in [0.15, 0.2) is 11.5 Å². The number of hydrogen-bond acceptors (Lipinski definition) is 11. The Balaban J connectivity index is 0.000000255. The Bertz CT molecular complexity index is 1610. The fourth-order valence-electron chi connectivity index (χ4n) is 4.90. The van der Waals surface area contributed by atoms with E-state index in [2.05, 4.69) is 35.4 Å². The lowest BCUT2D eigenvalue weighted by Gasteiger charge is -2.36. The number of nitrogens with one attached hydrogen (secondary N) is 1. The Hall–Kier alpha value is -3.29. The minimum Gasteiger partial charge on any atom is -0.444 e. The largest absolute Gasteiger partial charge is 0.444 e. The third-order valence-electron chi connectivity index (χ3n) is 7.12. The molecule has 1 N–H and O–H groups in total. The van der Waals surface area contributed by atoms with Gasteiger partial charge in [-0.05, 0) is 46.8 Å². The van der Waals surface area contributed by atoms with Gasteiger partial charge in [-0.15, -0.1) is 24.8 Å². The second-order valence-corrected chi connectivity index (χ2v) is 12.7. The molecule has 2 fully saturated rings. The molecule has 16 heteroatoms. The van der Waals surface area contributed by atoms with Crippen molar-refractivity contribution in [2.75, 3.05) is 62.2 Å². The molecule has 0 unspecified atom stereocenters. The molecule has 1 amide bonds. The topological polar surface area (TPSA) is 126 Å². The van der Waals surface area contributed by atoms with Crippen LogP contribution in [0, 0.1) is 13.8 Å². The van der Waals surface area contributed by atoms with Crippen LogP contribution < -0.4 is 15.1 Å². The summed E-state index contributed by atoms with van der Waals surface area (Å²) < 4.78 is 15.9. The first-order valence-electron chi connectivity index (χ1n) is 14.8. The van der Waals surface area contributed by atoms with Crippen LogP contribution in [0.15, 0.2) is 45.7 Å². The van der Waals surface area contributed by atoms with E-state index in [1.54, 1.807) is 17.3 Å². The fraction of sp³-hybridized carbons (Fsp3) is 0.452. The second-order valence-electron chi connectivity index (χ2n) is 11.9. The van der Waals surface area contributed by atoms with Crippen LogP contribution in [0.2, 0.25) is 10.0 Å². The molecule has 0 aliphatic carbocycles. The van der Waals surface area contributed by atoms with E-state index in [1.807, 2.05) is 58.9 Å². The summed E-state index contributed by atoms with van der Waals surface area (Å²) in [5.41, 5.74) is 2.79. The van der Waals surface area contributed by atoms with E-state index in [0.717, 1.165) is 54.5 Å². The molecule has 6 heterocycles. The minimum absolute atomic E-state index is 0. The normalized spacial score (nSPS) is 14.8. The number of carbonyl (C=O) groups is 1. The third kappa shape index (κ3) is 10.1. The Morgan fingerprint density at radius 2 is 1.21 bits per heavy atom. The monoisotopic (exact) mass is 728 g/mol. The van der Waals surface area contributed by atoms with Crippen LogP contribution in [0.3, 0.4) is 0 Å². The van der Waals surface area contributed by atoms with Gasteiger partial charge in [-0.3, -0.25) is 0 Å². The van der Waals surface area contributed by atoms with E-state index in [9.17, 15) is 4.79 Å². The highest BCUT2D eigenvalue weighted by Crippen LogP contribution is 2.31. The van der Waals surface area contributed by atoms with Gasteiger partial charge in [0.05, 0.1) is 21.4 Å². The molecule has 6 rings (SSSR count). The maximum Gasteiger partial charge on any atom is 0.410 e. The summed E-state index contributed by atoms with van der Waals surface area (Å²) in [6.45, 7) is 15.5. The number of hydrogen-bond donors (Lipinski definition) is 1. The number of amides is 1. The number of pyridine rings is 2. The highest BCUT2D eigenvalue weighted by Gasteiger charge is 2.27. The highest BCUT2D eigenvalue weighted by molar-refractivity contribution is 6.33. The molecule has 4 aromatic rings. The number of ether oxygens (including phenoxy) is 1. The van der Waals surface area contributed by atoms with E-state index in [4.69, 9.17) is 37.0 Å². The summed E-state index contributed by atoms with van der Waals surface area (Å²) in [5.74, 6) is 2.87. The smallest absolute Gasteiger partial charge is 0.410 e. The number of aromatic nitrogens is 4. The zero-order chi connectivity index (χ0) is 32.1. The average Bonchev–Trinajstić information content (AvgIpc) is 3.65. The van der Waals surface area contributed by atoms with Gasteiger partial charge in [0.1, 0.15) is 17.2 Å². The number of aryl methyl sites for hydroxylation is 2. The van der Waals surface area contributed by atoms with E-state index in [-0.39, 0.29) is 30.9 Å². The average molecular weight is 731 g/mol. The molecule has 2 saturated heterocycles. The molecule has 0 bridgehead atoms. The molecular formula is C31H40Cl4N8O4. The molecule has 0 saturated carbocycles. The van der Waals surface area contributed by atoms with Crippen molar-refractivity contribution in [3.05, 3.63) is 58.1 Å². The zero-order valence-corrected chi connectivity index (χ0v) is 30.1. The number of carbonyl (C=O) groups excluding carboxylic acids is 1. The van der Waals surface area contributed by atoms with Gasteiger partial charge in [0, 0.05) is 88.0 Å². The van der Waals surface area contributed by atoms with Gasteiger partial charge in [-0.1, -0.05) is 33.5 Å². The first kappa shape index (κ1) is 38.2. The number of anilines is 2. The molecule has 0 atom stereocenters. The van der Waals surface area contributed by atoms with Crippen LogP contribution in [0.1, 0.15) is 32.2 Å². The first-order valence-corrected chi connectivity index (χ1v) is 15.6. The summed E-state index contributed by atoms with van der Waals surface area (Å²) in [6, 6.07) is 7.42. The van der Waals surface area contributed by atoms with Crippen molar-refractivity contribution in [3.8, 4) is 22.6 Å². The molecule has 2 aliphatic rings.